The van der Waals surface area contributed by atoms with Crippen molar-refractivity contribution in [3.8, 4) is 5.75 Å². The van der Waals surface area contributed by atoms with Gasteiger partial charge in [0.25, 0.3) is 5.91 Å². The second kappa shape index (κ2) is 7.80. The zero-order chi connectivity index (χ0) is 19.6. The summed E-state index contributed by atoms with van der Waals surface area (Å²) in [4.78, 5) is 14.6. The van der Waals surface area contributed by atoms with Crippen molar-refractivity contribution in [3.63, 3.8) is 0 Å². The number of carbonyl (C=O) groups is 1. The number of nitrogens with zero attached hydrogens (tertiary/aromatic N) is 1. The lowest BCUT2D eigenvalue weighted by Gasteiger charge is -2.25. The largest absolute Gasteiger partial charge is 0.497 e. The minimum atomic E-state index is -0.300. The Morgan fingerprint density at radius 3 is 2.70 bits per heavy atom. The van der Waals surface area contributed by atoms with Gasteiger partial charge >= 0.3 is 0 Å². The number of fused-ring (bicyclic) bond motifs is 1. The van der Waals surface area contributed by atoms with Gasteiger partial charge in [-0.15, -0.1) is 0 Å². The molecule has 1 aromatic heterocycles. The first kappa shape index (κ1) is 18.9. The average molecular weight is 370 g/mol. The van der Waals surface area contributed by atoms with E-state index in [9.17, 15) is 9.18 Å². The molecule has 0 bridgehead atoms. The standard InChI is InChI=1S/C21H23FN2O3/c1-13-17-11-16(26-4)8-9-19(17)27-20(13)21(25)23-12-18(24(2)3)14-6-5-7-15(22)10-14/h5-11,18H,12H2,1-4H3,(H,23,25)/t18-/m1/s1. The summed E-state index contributed by atoms with van der Waals surface area (Å²) in [5.41, 5.74) is 2.19. The number of hydrogen-bond acceptors (Lipinski definition) is 4. The molecule has 1 N–H and O–H groups in total. The van der Waals surface area contributed by atoms with Gasteiger partial charge in [-0.2, -0.15) is 0 Å². The fraction of sp³-hybridized carbons (Fsp3) is 0.286. The molecule has 0 aliphatic rings. The highest BCUT2D eigenvalue weighted by atomic mass is 19.1. The fourth-order valence-corrected chi connectivity index (χ4v) is 3.13. The topological polar surface area (TPSA) is 54.7 Å². The van der Waals surface area contributed by atoms with E-state index in [1.165, 1.54) is 12.1 Å². The van der Waals surface area contributed by atoms with E-state index in [2.05, 4.69) is 5.32 Å². The Bertz CT molecular complexity index is 965. The van der Waals surface area contributed by atoms with Crippen LogP contribution in [0.4, 0.5) is 4.39 Å². The van der Waals surface area contributed by atoms with Crippen LogP contribution < -0.4 is 10.1 Å². The zero-order valence-corrected chi connectivity index (χ0v) is 15.9. The molecular formula is C21H23FN2O3. The molecule has 0 saturated heterocycles. The minimum Gasteiger partial charge on any atom is -0.497 e. The number of rotatable bonds is 6. The summed E-state index contributed by atoms with van der Waals surface area (Å²) in [5, 5.41) is 3.74. The Balaban J connectivity index is 1.80. The van der Waals surface area contributed by atoms with Crippen molar-refractivity contribution in [3.05, 3.63) is 65.2 Å². The second-order valence-electron chi connectivity index (χ2n) is 6.66. The third kappa shape index (κ3) is 3.95. The van der Waals surface area contributed by atoms with E-state index >= 15 is 0 Å². The third-order valence-corrected chi connectivity index (χ3v) is 4.66. The molecule has 0 aliphatic heterocycles. The van der Waals surface area contributed by atoms with Crippen molar-refractivity contribution in [1.82, 2.24) is 10.2 Å². The van der Waals surface area contributed by atoms with E-state index in [-0.39, 0.29) is 23.5 Å². The molecule has 1 amide bonds. The van der Waals surface area contributed by atoms with E-state index in [0.717, 1.165) is 16.5 Å². The molecule has 0 radical (unpaired) electrons. The van der Waals surface area contributed by atoms with Crippen LogP contribution in [-0.4, -0.2) is 38.6 Å². The van der Waals surface area contributed by atoms with Gasteiger partial charge in [0, 0.05) is 17.5 Å². The molecule has 0 spiro atoms. The Morgan fingerprint density at radius 1 is 1.26 bits per heavy atom. The Hall–Kier alpha value is -2.86. The second-order valence-corrected chi connectivity index (χ2v) is 6.66. The average Bonchev–Trinajstić information content (AvgIpc) is 2.97. The molecule has 6 heteroatoms. The molecule has 0 fully saturated rings. The van der Waals surface area contributed by atoms with E-state index in [4.69, 9.17) is 9.15 Å². The van der Waals surface area contributed by atoms with Gasteiger partial charge in [-0.1, -0.05) is 12.1 Å². The lowest BCUT2D eigenvalue weighted by atomic mass is 10.1. The first-order chi connectivity index (χ1) is 12.9. The van der Waals surface area contributed by atoms with Crippen LogP contribution in [0.1, 0.15) is 27.7 Å². The number of benzene rings is 2. The molecule has 27 heavy (non-hydrogen) atoms. The Kier molecular flexibility index (Phi) is 5.46. The van der Waals surface area contributed by atoms with Gasteiger partial charge in [-0.25, -0.2) is 4.39 Å². The predicted molar refractivity (Wildman–Crippen MR) is 103 cm³/mol. The summed E-state index contributed by atoms with van der Waals surface area (Å²) in [7, 11) is 5.37. The van der Waals surface area contributed by atoms with Crippen LogP contribution in [-0.2, 0) is 0 Å². The zero-order valence-electron chi connectivity index (χ0n) is 15.9. The summed E-state index contributed by atoms with van der Waals surface area (Å²) in [5.74, 6) is 0.380. The van der Waals surface area contributed by atoms with Crippen LogP contribution in [0, 0.1) is 12.7 Å². The molecule has 3 rings (SSSR count). The number of hydrogen-bond donors (Lipinski definition) is 1. The maximum absolute atomic E-state index is 13.6. The number of nitrogens with one attached hydrogen (secondary N) is 1. The molecule has 0 aliphatic carbocycles. The number of furan rings is 1. The van der Waals surface area contributed by atoms with Crippen molar-refractivity contribution in [2.24, 2.45) is 0 Å². The Morgan fingerprint density at radius 2 is 2.04 bits per heavy atom. The minimum absolute atomic E-state index is 0.158. The van der Waals surface area contributed by atoms with Crippen LogP contribution in [0.5, 0.6) is 5.75 Å². The molecule has 142 valence electrons. The van der Waals surface area contributed by atoms with Crippen LogP contribution in [0.3, 0.4) is 0 Å². The fourth-order valence-electron chi connectivity index (χ4n) is 3.13. The third-order valence-electron chi connectivity index (χ3n) is 4.66. The van der Waals surface area contributed by atoms with Crippen LogP contribution in [0.2, 0.25) is 0 Å². The van der Waals surface area contributed by atoms with Gasteiger partial charge in [0.1, 0.15) is 17.1 Å². The molecule has 0 unspecified atom stereocenters. The van der Waals surface area contributed by atoms with Gasteiger partial charge in [0.05, 0.1) is 13.2 Å². The Labute approximate surface area is 157 Å². The van der Waals surface area contributed by atoms with E-state index in [1.54, 1.807) is 25.3 Å². The molecule has 5 nitrogen and oxygen atoms in total. The van der Waals surface area contributed by atoms with Crippen molar-refractivity contribution in [1.29, 1.82) is 0 Å². The normalized spacial score (nSPS) is 12.4. The van der Waals surface area contributed by atoms with Crippen molar-refractivity contribution in [2.75, 3.05) is 27.7 Å². The summed E-state index contributed by atoms with van der Waals surface area (Å²) in [6.07, 6.45) is 0. The van der Waals surface area contributed by atoms with Crippen molar-refractivity contribution >= 4 is 16.9 Å². The van der Waals surface area contributed by atoms with Crippen molar-refractivity contribution in [2.45, 2.75) is 13.0 Å². The lowest BCUT2D eigenvalue weighted by Crippen LogP contribution is -2.34. The molecule has 2 aromatic carbocycles. The van der Waals surface area contributed by atoms with Crippen molar-refractivity contribution < 1.29 is 18.3 Å². The molecule has 1 atom stereocenters. The van der Waals surface area contributed by atoms with Crippen LogP contribution >= 0.6 is 0 Å². The maximum atomic E-state index is 13.6. The summed E-state index contributed by atoms with van der Waals surface area (Å²) < 4.78 is 24.5. The number of halogens is 1. The highest BCUT2D eigenvalue weighted by molar-refractivity contribution is 5.99. The number of likely N-dealkylation sites (N-methyl/N-ethyl adjacent to an activating group) is 1. The SMILES string of the molecule is COc1ccc2oc(C(=O)NC[C@H](c3cccc(F)c3)N(C)C)c(C)c2c1. The number of ether oxygens (including phenoxy) is 1. The van der Waals surface area contributed by atoms with Gasteiger partial charge < -0.3 is 19.4 Å². The smallest absolute Gasteiger partial charge is 0.287 e. The number of amides is 1. The van der Waals surface area contributed by atoms with Crippen LogP contribution in [0.15, 0.2) is 46.9 Å². The van der Waals surface area contributed by atoms with Gasteiger partial charge in [0.2, 0.25) is 0 Å². The van der Waals surface area contributed by atoms with E-state index in [0.29, 0.717) is 17.9 Å². The first-order valence-electron chi connectivity index (χ1n) is 8.68. The first-order valence-corrected chi connectivity index (χ1v) is 8.68. The molecular weight excluding hydrogens is 347 g/mol. The van der Waals surface area contributed by atoms with Gasteiger partial charge in [-0.05, 0) is 56.9 Å². The maximum Gasteiger partial charge on any atom is 0.287 e. The number of carbonyl (C=O) groups excluding carboxylic acids is 1. The highest BCUT2D eigenvalue weighted by Crippen LogP contribution is 2.29. The van der Waals surface area contributed by atoms with Gasteiger partial charge in [0.15, 0.2) is 5.76 Å². The lowest BCUT2D eigenvalue weighted by molar-refractivity contribution is 0.0915. The number of aryl methyl sites for hydroxylation is 1. The summed E-state index contributed by atoms with van der Waals surface area (Å²) >= 11 is 0. The van der Waals surface area contributed by atoms with E-state index in [1.807, 2.05) is 38.1 Å². The van der Waals surface area contributed by atoms with Crippen LogP contribution in [0.25, 0.3) is 11.0 Å². The predicted octanol–water partition coefficient (Wildman–Crippen LogP) is 3.92. The van der Waals surface area contributed by atoms with Gasteiger partial charge in [-0.3, -0.25) is 4.79 Å². The molecule has 1 heterocycles. The summed E-state index contributed by atoms with van der Waals surface area (Å²) in [6, 6.07) is 11.7. The number of methoxy groups -OCH3 is 1. The molecule has 0 saturated carbocycles. The van der Waals surface area contributed by atoms with E-state index < -0.39 is 0 Å². The highest BCUT2D eigenvalue weighted by Gasteiger charge is 2.21. The quantitative estimate of drug-likeness (QED) is 0.715. The summed E-state index contributed by atoms with van der Waals surface area (Å²) in [6.45, 7) is 2.17. The molecule has 3 aromatic rings. The monoisotopic (exact) mass is 370 g/mol.